The van der Waals surface area contributed by atoms with E-state index in [0.717, 1.165) is 5.56 Å². The summed E-state index contributed by atoms with van der Waals surface area (Å²) >= 11 is 0. The summed E-state index contributed by atoms with van der Waals surface area (Å²) in [5.74, 6) is 0.0595. The van der Waals surface area contributed by atoms with Crippen molar-refractivity contribution in [2.75, 3.05) is 0 Å². The molecule has 90 valence electrons. The van der Waals surface area contributed by atoms with E-state index in [-0.39, 0.29) is 12.5 Å². The van der Waals surface area contributed by atoms with Crippen molar-refractivity contribution in [1.29, 1.82) is 5.26 Å². The number of rotatable bonds is 4. The highest BCUT2D eigenvalue weighted by Gasteiger charge is 2.15. The molecular weight excluding hydrogens is 216 g/mol. The fourth-order valence-corrected chi connectivity index (χ4v) is 1.24. The van der Waals surface area contributed by atoms with Gasteiger partial charge in [0.2, 0.25) is 0 Å². The molecule has 1 unspecified atom stereocenters. The molecule has 4 heteroatoms. The van der Waals surface area contributed by atoms with Crippen molar-refractivity contribution in [2.24, 2.45) is 5.92 Å². The average Bonchev–Trinajstić information content (AvgIpc) is 2.34. The Labute approximate surface area is 101 Å². The molecule has 1 amide bonds. The van der Waals surface area contributed by atoms with E-state index in [1.54, 1.807) is 0 Å². The van der Waals surface area contributed by atoms with E-state index in [4.69, 9.17) is 10.00 Å². The average molecular weight is 232 g/mol. The number of nitriles is 1. The molecule has 4 nitrogen and oxygen atoms in total. The van der Waals surface area contributed by atoms with Crippen LogP contribution in [0, 0.1) is 17.2 Å². The maximum Gasteiger partial charge on any atom is 0.408 e. The molecule has 1 aromatic carbocycles. The second-order valence-electron chi connectivity index (χ2n) is 4.06. The Morgan fingerprint density at radius 3 is 2.59 bits per heavy atom. The first kappa shape index (κ1) is 13.0. The minimum Gasteiger partial charge on any atom is -0.445 e. The second-order valence-corrected chi connectivity index (χ2v) is 4.06. The van der Waals surface area contributed by atoms with Crippen LogP contribution < -0.4 is 5.32 Å². The lowest BCUT2D eigenvalue weighted by molar-refractivity contribution is 0.135. The summed E-state index contributed by atoms with van der Waals surface area (Å²) in [7, 11) is 0. The van der Waals surface area contributed by atoms with Crippen molar-refractivity contribution in [3.8, 4) is 6.07 Å². The normalized spacial score (nSPS) is 11.6. The molecule has 0 bridgehead atoms. The fraction of sp³-hybridized carbons (Fsp3) is 0.385. The fourth-order valence-electron chi connectivity index (χ4n) is 1.24. The zero-order valence-electron chi connectivity index (χ0n) is 10.0. The van der Waals surface area contributed by atoms with Crippen LogP contribution in [0.1, 0.15) is 19.4 Å². The molecule has 0 radical (unpaired) electrons. The third-order valence-corrected chi connectivity index (χ3v) is 2.29. The van der Waals surface area contributed by atoms with E-state index < -0.39 is 12.1 Å². The van der Waals surface area contributed by atoms with Crippen LogP contribution in [0.5, 0.6) is 0 Å². The van der Waals surface area contributed by atoms with E-state index in [2.05, 4.69) is 5.32 Å². The SMILES string of the molecule is CC(C)C(C#N)NC(=O)OCc1ccccc1. The zero-order valence-corrected chi connectivity index (χ0v) is 10.0. The number of nitrogens with one attached hydrogen (secondary N) is 1. The minimum atomic E-state index is -0.561. The van der Waals surface area contributed by atoms with Crippen LogP contribution in [0.25, 0.3) is 0 Å². The first-order valence-corrected chi connectivity index (χ1v) is 5.50. The van der Waals surface area contributed by atoms with Crippen molar-refractivity contribution in [3.63, 3.8) is 0 Å². The Kier molecular flexibility index (Phi) is 5.02. The summed E-state index contributed by atoms with van der Waals surface area (Å²) in [5.41, 5.74) is 0.917. The van der Waals surface area contributed by atoms with Crippen LogP contribution in [-0.4, -0.2) is 12.1 Å². The van der Waals surface area contributed by atoms with E-state index >= 15 is 0 Å². The third kappa shape index (κ3) is 4.56. The highest BCUT2D eigenvalue weighted by atomic mass is 16.5. The molecule has 0 aliphatic rings. The van der Waals surface area contributed by atoms with E-state index in [9.17, 15) is 4.79 Å². The van der Waals surface area contributed by atoms with Crippen LogP contribution in [-0.2, 0) is 11.3 Å². The molecule has 0 fully saturated rings. The zero-order chi connectivity index (χ0) is 12.7. The van der Waals surface area contributed by atoms with Crippen LogP contribution in [0.3, 0.4) is 0 Å². The van der Waals surface area contributed by atoms with Gasteiger partial charge in [0, 0.05) is 0 Å². The number of nitrogens with zero attached hydrogens (tertiary/aromatic N) is 1. The summed E-state index contributed by atoms with van der Waals surface area (Å²) in [4.78, 5) is 11.4. The Bertz CT molecular complexity index is 396. The number of benzene rings is 1. The van der Waals surface area contributed by atoms with Crippen molar-refractivity contribution >= 4 is 6.09 Å². The Morgan fingerprint density at radius 1 is 1.41 bits per heavy atom. The maximum absolute atomic E-state index is 11.4. The van der Waals surface area contributed by atoms with Gasteiger partial charge in [-0.25, -0.2) is 4.79 Å². The number of hydrogen-bond acceptors (Lipinski definition) is 3. The lowest BCUT2D eigenvalue weighted by Gasteiger charge is -2.14. The standard InChI is InChI=1S/C13H16N2O2/c1-10(2)12(8-14)15-13(16)17-9-11-6-4-3-5-7-11/h3-7,10,12H,9H2,1-2H3,(H,15,16). The molecule has 0 saturated carbocycles. The Hall–Kier alpha value is -2.02. The van der Waals surface area contributed by atoms with Gasteiger partial charge < -0.3 is 10.1 Å². The number of amides is 1. The molecule has 0 aliphatic heterocycles. The van der Waals surface area contributed by atoms with Gasteiger partial charge in [0.1, 0.15) is 12.6 Å². The van der Waals surface area contributed by atoms with Gasteiger partial charge in [0.25, 0.3) is 0 Å². The molecule has 0 heterocycles. The first-order valence-electron chi connectivity index (χ1n) is 5.50. The number of ether oxygens (including phenoxy) is 1. The second kappa shape index (κ2) is 6.54. The highest BCUT2D eigenvalue weighted by Crippen LogP contribution is 2.03. The largest absolute Gasteiger partial charge is 0.445 e. The lowest BCUT2D eigenvalue weighted by Crippen LogP contribution is -2.37. The molecule has 1 N–H and O–H groups in total. The maximum atomic E-state index is 11.4. The monoisotopic (exact) mass is 232 g/mol. The van der Waals surface area contributed by atoms with Gasteiger partial charge in [-0.3, -0.25) is 0 Å². The molecule has 1 atom stereocenters. The van der Waals surface area contributed by atoms with E-state index in [1.807, 2.05) is 50.2 Å². The van der Waals surface area contributed by atoms with Gasteiger partial charge in [0.05, 0.1) is 6.07 Å². The molecule has 17 heavy (non-hydrogen) atoms. The van der Waals surface area contributed by atoms with Crippen LogP contribution in [0.15, 0.2) is 30.3 Å². The van der Waals surface area contributed by atoms with E-state index in [1.165, 1.54) is 0 Å². The molecule has 1 aromatic rings. The summed E-state index contributed by atoms with van der Waals surface area (Å²) in [5, 5.41) is 11.3. The summed E-state index contributed by atoms with van der Waals surface area (Å²) in [6.45, 7) is 3.94. The smallest absolute Gasteiger partial charge is 0.408 e. The predicted octanol–water partition coefficient (Wildman–Crippen LogP) is 2.46. The van der Waals surface area contributed by atoms with Gasteiger partial charge in [0.15, 0.2) is 0 Å². The minimum absolute atomic E-state index is 0.0595. The number of hydrogen-bond donors (Lipinski definition) is 1. The summed E-state index contributed by atoms with van der Waals surface area (Å²) < 4.78 is 5.01. The summed E-state index contributed by atoms with van der Waals surface area (Å²) in [6, 6.07) is 10.9. The molecule has 0 aromatic heterocycles. The molecular formula is C13H16N2O2. The summed E-state index contributed by atoms with van der Waals surface area (Å²) in [6.07, 6.45) is -0.561. The van der Waals surface area contributed by atoms with Crippen LogP contribution >= 0.6 is 0 Å². The van der Waals surface area contributed by atoms with Gasteiger partial charge in [-0.15, -0.1) is 0 Å². The third-order valence-electron chi connectivity index (χ3n) is 2.29. The number of carbonyl (C=O) groups is 1. The van der Waals surface area contributed by atoms with Gasteiger partial charge >= 0.3 is 6.09 Å². The molecule has 0 saturated heterocycles. The van der Waals surface area contributed by atoms with Gasteiger partial charge in [-0.2, -0.15) is 5.26 Å². The van der Waals surface area contributed by atoms with E-state index in [0.29, 0.717) is 0 Å². The molecule has 1 rings (SSSR count). The van der Waals surface area contributed by atoms with Crippen molar-refractivity contribution in [3.05, 3.63) is 35.9 Å². The van der Waals surface area contributed by atoms with Gasteiger partial charge in [-0.05, 0) is 11.5 Å². The number of alkyl carbamates (subject to hydrolysis) is 1. The first-order chi connectivity index (χ1) is 8.13. The Balaban J connectivity index is 2.38. The predicted molar refractivity (Wildman–Crippen MR) is 64.0 cm³/mol. The number of carbonyl (C=O) groups excluding carboxylic acids is 1. The van der Waals surface area contributed by atoms with Crippen molar-refractivity contribution < 1.29 is 9.53 Å². The van der Waals surface area contributed by atoms with Crippen molar-refractivity contribution in [2.45, 2.75) is 26.5 Å². The van der Waals surface area contributed by atoms with Crippen molar-refractivity contribution in [1.82, 2.24) is 5.32 Å². The quantitative estimate of drug-likeness (QED) is 0.867. The van der Waals surface area contributed by atoms with Crippen LogP contribution in [0.4, 0.5) is 4.79 Å². The molecule has 0 aliphatic carbocycles. The van der Waals surface area contributed by atoms with Crippen LogP contribution in [0.2, 0.25) is 0 Å². The highest BCUT2D eigenvalue weighted by molar-refractivity contribution is 5.68. The Morgan fingerprint density at radius 2 is 2.06 bits per heavy atom. The van der Waals surface area contributed by atoms with Gasteiger partial charge in [-0.1, -0.05) is 44.2 Å². The topological polar surface area (TPSA) is 62.1 Å². The lowest BCUT2D eigenvalue weighted by atomic mass is 10.1. The molecule has 0 spiro atoms.